The van der Waals surface area contributed by atoms with Crippen LogP contribution in [-0.2, 0) is 0 Å². The Morgan fingerprint density at radius 1 is 0.562 bits per heavy atom. The summed E-state index contributed by atoms with van der Waals surface area (Å²) in [7, 11) is 0. The van der Waals surface area contributed by atoms with E-state index in [1.165, 1.54) is 10.8 Å². The van der Waals surface area contributed by atoms with Gasteiger partial charge in [-0.25, -0.2) is 0 Å². The average molecular weight is 205 g/mol. The number of benzene rings is 3. The molecule has 0 aliphatic rings. The van der Waals surface area contributed by atoms with Gasteiger partial charge in [-0.15, -0.1) is 0 Å². The first-order chi connectivity index (χ1) is 7.97. The molecule has 0 amide bonds. The van der Waals surface area contributed by atoms with Gasteiger partial charge in [0.05, 0.1) is 0 Å². The molecule has 0 heteroatoms. The summed E-state index contributed by atoms with van der Waals surface area (Å²) in [5.41, 5.74) is 0. The monoisotopic (exact) mass is 205 g/mol. The Hall–Kier alpha value is -2.08. The highest BCUT2D eigenvalue weighted by atomic mass is 13.9. The Bertz CT molecular complexity index is 434. The second kappa shape index (κ2) is 5.72. The third-order valence-corrected chi connectivity index (χ3v) is 2.24. The van der Waals surface area contributed by atoms with Crippen LogP contribution in [0.4, 0.5) is 0 Å². The molecule has 77 valence electrons. The third-order valence-electron chi connectivity index (χ3n) is 2.24. The van der Waals surface area contributed by atoms with E-state index in [-0.39, 0.29) is 0 Å². The molecule has 3 aromatic rings. The van der Waals surface area contributed by atoms with Crippen LogP contribution in [0.1, 0.15) is 0 Å². The van der Waals surface area contributed by atoms with Crippen LogP contribution in [0.2, 0.25) is 0 Å². The van der Waals surface area contributed by atoms with E-state index in [2.05, 4.69) is 24.3 Å². The van der Waals surface area contributed by atoms with Crippen molar-refractivity contribution in [3.63, 3.8) is 0 Å². The fourth-order valence-electron chi connectivity index (χ4n) is 1.45. The lowest BCUT2D eigenvalue weighted by Crippen LogP contribution is -1.67. The topological polar surface area (TPSA) is 0 Å². The predicted molar refractivity (Wildman–Crippen MR) is 69.2 cm³/mol. The van der Waals surface area contributed by atoms with Gasteiger partial charge in [-0.1, -0.05) is 78.9 Å². The van der Waals surface area contributed by atoms with Crippen LogP contribution in [0.25, 0.3) is 10.8 Å². The molecule has 0 aliphatic carbocycles. The smallest absolute Gasteiger partial charge is 0.00992 e. The zero-order valence-electron chi connectivity index (χ0n) is 9.01. The van der Waals surface area contributed by atoms with Gasteiger partial charge >= 0.3 is 0 Å². The van der Waals surface area contributed by atoms with Gasteiger partial charge in [0.1, 0.15) is 0 Å². The highest BCUT2D eigenvalue weighted by molar-refractivity contribution is 5.81. The van der Waals surface area contributed by atoms with E-state index in [0.717, 1.165) is 0 Å². The summed E-state index contributed by atoms with van der Waals surface area (Å²) in [5, 5.41) is 2.44. The first kappa shape index (κ1) is 10.4. The van der Waals surface area contributed by atoms with Gasteiger partial charge in [0.25, 0.3) is 0 Å². The molecule has 0 atom stereocenters. The molecule has 0 nitrogen and oxygen atoms in total. The normalized spacial score (nSPS) is 9.25. The molecule has 0 unspecified atom stereocenters. The van der Waals surface area contributed by atoms with Gasteiger partial charge in [0.2, 0.25) is 0 Å². The Labute approximate surface area is 96.2 Å². The fourth-order valence-corrected chi connectivity index (χ4v) is 1.45. The summed E-state index contributed by atoms with van der Waals surface area (Å²) in [4.78, 5) is 0. The van der Waals surface area contributed by atoms with E-state index in [1.54, 1.807) is 0 Å². The molecule has 1 radical (unpaired) electrons. The van der Waals surface area contributed by atoms with Gasteiger partial charge in [-0.2, -0.15) is 0 Å². The van der Waals surface area contributed by atoms with Crippen LogP contribution in [0.15, 0.2) is 78.9 Å². The largest absolute Gasteiger partial charge is 0.0623 e. The lowest BCUT2D eigenvalue weighted by Gasteiger charge is -1.91. The van der Waals surface area contributed by atoms with Crippen molar-refractivity contribution in [1.82, 2.24) is 0 Å². The Kier molecular flexibility index (Phi) is 3.73. The molecule has 0 aliphatic heterocycles. The summed E-state index contributed by atoms with van der Waals surface area (Å²) in [6, 6.07) is 29.4. The maximum Gasteiger partial charge on any atom is -0.00992 e. The highest BCUT2D eigenvalue weighted by Crippen LogP contribution is 2.10. The van der Waals surface area contributed by atoms with E-state index in [0.29, 0.717) is 0 Å². The standard InChI is InChI=1S/C10H7.C6H6/c1-2-6-10-8-4-3-7-9(10)5-1;1-2-4-6-5-3-1/h1-7H;1-6H. The first-order valence-corrected chi connectivity index (χ1v) is 5.32. The molecule has 0 fully saturated rings. The third kappa shape index (κ3) is 2.96. The van der Waals surface area contributed by atoms with Gasteiger partial charge in [-0.3, -0.25) is 0 Å². The molecule has 0 saturated carbocycles. The molecule has 0 aromatic heterocycles. The summed E-state index contributed by atoms with van der Waals surface area (Å²) in [5.74, 6) is 0. The van der Waals surface area contributed by atoms with Gasteiger partial charge in [0.15, 0.2) is 0 Å². The molecular formula is C16H13. The van der Waals surface area contributed by atoms with Crippen LogP contribution in [0.5, 0.6) is 0 Å². The number of hydrogen-bond acceptors (Lipinski definition) is 0. The summed E-state index contributed by atoms with van der Waals surface area (Å²) >= 11 is 0. The molecule has 3 aromatic carbocycles. The van der Waals surface area contributed by atoms with Crippen molar-refractivity contribution >= 4 is 10.8 Å². The molecule has 0 spiro atoms. The minimum atomic E-state index is 1.19. The van der Waals surface area contributed by atoms with Crippen LogP contribution >= 0.6 is 0 Å². The molecular weight excluding hydrogens is 192 g/mol. The Balaban J connectivity index is 0.000000138. The quantitative estimate of drug-likeness (QED) is 0.512. The van der Waals surface area contributed by atoms with Crippen LogP contribution in [-0.4, -0.2) is 0 Å². The summed E-state index contributed by atoms with van der Waals surface area (Å²) < 4.78 is 0. The van der Waals surface area contributed by atoms with Gasteiger partial charge in [-0.05, 0) is 16.8 Å². The molecule has 0 saturated heterocycles. The van der Waals surface area contributed by atoms with Crippen LogP contribution in [0, 0.1) is 6.07 Å². The summed E-state index contributed by atoms with van der Waals surface area (Å²) in [6.45, 7) is 0. The van der Waals surface area contributed by atoms with Crippen LogP contribution < -0.4 is 0 Å². The molecule has 16 heavy (non-hydrogen) atoms. The van der Waals surface area contributed by atoms with Gasteiger partial charge < -0.3 is 0 Å². The van der Waals surface area contributed by atoms with Crippen molar-refractivity contribution in [2.45, 2.75) is 0 Å². The van der Waals surface area contributed by atoms with E-state index in [4.69, 9.17) is 0 Å². The Morgan fingerprint density at radius 2 is 1.12 bits per heavy atom. The fraction of sp³-hybridized carbons (Fsp3) is 0. The minimum Gasteiger partial charge on any atom is -0.0623 e. The second-order valence-corrected chi connectivity index (χ2v) is 3.41. The lowest BCUT2D eigenvalue weighted by molar-refractivity contribution is 1.72. The molecule has 0 heterocycles. The van der Waals surface area contributed by atoms with Crippen molar-refractivity contribution in [2.75, 3.05) is 0 Å². The van der Waals surface area contributed by atoms with Crippen molar-refractivity contribution in [3.8, 4) is 0 Å². The van der Waals surface area contributed by atoms with Crippen molar-refractivity contribution in [2.24, 2.45) is 0 Å². The SMILES string of the molecule is [c]1cccc2ccccc12.c1ccccc1. The highest BCUT2D eigenvalue weighted by Gasteiger charge is 1.85. The maximum atomic E-state index is 3.15. The van der Waals surface area contributed by atoms with E-state index >= 15 is 0 Å². The molecule has 0 bridgehead atoms. The number of hydrogen-bond donors (Lipinski definition) is 0. The van der Waals surface area contributed by atoms with Crippen molar-refractivity contribution in [1.29, 1.82) is 0 Å². The zero-order valence-corrected chi connectivity index (χ0v) is 9.01. The van der Waals surface area contributed by atoms with Crippen LogP contribution in [0.3, 0.4) is 0 Å². The number of fused-ring (bicyclic) bond motifs is 1. The number of rotatable bonds is 0. The van der Waals surface area contributed by atoms with Crippen molar-refractivity contribution < 1.29 is 0 Å². The van der Waals surface area contributed by atoms with Crippen molar-refractivity contribution in [3.05, 3.63) is 84.9 Å². The summed E-state index contributed by atoms with van der Waals surface area (Å²) in [6.07, 6.45) is 0. The molecule has 0 N–H and O–H groups in total. The second-order valence-electron chi connectivity index (χ2n) is 3.41. The van der Waals surface area contributed by atoms with Gasteiger partial charge in [0, 0.05) is 0 Å². The first-order valence-electron chi connectivity index (χ1n) is 5.32. The Morgan fingerprint density at radius 3 is 1.75 bits per heavy atom. The maximum absolute atomic E-state index is 3.15. The van der Waals surface area contributed by atoms with E-state index in [1.807, 2.05) is 60.7 Å². The minimum absolute atomic E-state index is 1.19. The predicted octanol–water partition coefficient (Wildman–Crippen LogP) is 4.33. The van der Waals surface area contributed by atoms with E-state index in [9.17, 15) is 0 Å². The zero-order chi connectivity index (χ0) is 11.1. The average Bonchev–Trinajstić information content (AvgIpc) is 2.42. The molecule has 3 rings (SSSR count). The lowest BCUT2D eigenvalue weighted by atomic mass is 10.1. The van der Waals surface area contributed by atoms with E-state index < -0.39 is 0 Å².